The summed E-state index contributed by atoms with van der Waals surface area (Å²) in [6.45, 7) is 6.78. The highest BCUT2D eigenvalue weighted by molar-refractivity contribution is 4.94. The van der Waals surface area contributed by atoms with Crippen LogP contribution in [-0.2, 0) is 0 Å². The molecule has 9 N–H and O–H groups in total. The Morgan fingerprint density at radius 2 is 0.891 bits per heavy atom. The minimum absolute atomic E-state index is 0.346. The lowest BCUT2D eigenvalue weighted by molar-refractivity contribution is 0.00222. The van der Waals surface area contributed by atoms with Crippen LogP contribution < -0.4 is 33.6 Å². The van der Waals surface area contributed by atoms with Crippen LogP contribution in [0.4, 0.5) is 8.78 Å². The molecule has 12 unspecified atom stereocenters. The number of nitrogens with one attached hydrogen (secondary N) is 3. The number of alkyl halides is 2. The van der Waals surface area contributed by atoms with Crippen molar-refractivity contribution in [1.82, 2.24) is 16.2 Å². The molecule has 0 amide bonds. The number of unbranched alkanes of at least 4 members (excludes halogenated alkanes) is 2. The number of rotatable bonds is 19. The van der Waals surface area contributed by atoms with Crippen molar-refractivity contribution in [2.45, 2.75) is 148 Å². The Morgan fingerprint density at radius 1 is 0.478 bits per heavy atom. The summed E-state index contributed by atoms with van der Waals surface area (Å²) < 4.78 is 31.3. The first-order chi connectivity index (χ1) is 22.4. The third-order valence-electron chi connectivity index (χ3n) is 13.2. The Labute approximate surface area is 281 Å². The SMILES string of the molecule is CCCCCC1CC(CCNN)CC(C2CC(F)CC(C3CC(F)CC(C4CC(CCNN)CC(CCNCCCN)C4)C3)C2)C1. The van der Waals surface area contributed by atoms with Gasteiger partial charge in [-0.25, -0.2) is 8.78 Å². The van der Waals surface area contributed by atoms with Gasteiger partial charge < -0.3 is 11.1 Å². The monoisotopic (exact) mass is 653 g/mol. The van der Waals surface area contributed by atoms with Gasteiger partial charge in [0.1, 0.15) is 12.3 Å². The normalized spacial score (nSPS) is 39.0. The molecular formula is C38H74F2N6. The van der Waals surface area contributed by atoms with Crippen molar-refractivity contribution in [2.75, 3.05) is 32.7 Å². The van der Waals surface area contributed by atoms with Crippen LogP contribution in [0.15, 0.2) is 0 Å². The Morgan fingerprint density at radius 3 is 1.30 bits per heavy atom. The summed E-state index contributed by atoms with van der Waals surface area (Å²) in [5.41, 5.74) is 11.5. The molecule has 0 spiro atoms. The van der Waals surface area contributed by atoms with Crippen LogP contribution in [0.3, 0.4) is 0 Å². The zero-order valence-electron chi connectivity index (χ0n) is 29.6. The lowest BCUT2D eigenvalue weighted by atomic mass is 9.59. The Bertz CT molecular complexity index is 805. The number of hydrogen-bond acceptors (Lipinski definition) is 6. The zero-order chi connectivity index (χ0) is 32.7. The van der Waals surface area contributed by atoms with Crippen LogP contribution in [0.1, 0.15) is 135 Å². The van der Waals surface area contributed by atoms with E-state index in [1.165, 1.54) is 70.6 Å². The molecule has 0 bridgehead atoms. The van der Waals surface area contributed by atoms with Crippen LogP contribution >= 0.6 is 0 Å². The van der Waals surface area contributed by atoms with Crippen molar-refractivity contribution in [3.05, 3.63) is 0 Å². The topological polar surface area (TPSA) is 114 Å². The minimum Gasteiger partial charge on any atom is -0.330 e. The second-order valence-electron chi connectivity index (χ2n) is 16.7. The van der Waals surface area contributed by atoms with Crippen molar-refractivity contribution >= 4 is 0 Å². The molecule has 4 aliphatic rings. The van der Waals surface area contributed by atoms with E-state index in [0.29, 0.717) is 66.1 Å². The summed E-state index contributed by atoms with van der Waals surface area (Å²) in [7, 11) is 0. The summed E-state index contributed by atoms with van der Waals surface area (Å²) in [6.07, 6.45) is 20.8. The fourth-order valence-corrected chi connectivity index (χ4v) is 11.1. The first kappa shape index (κ1) is 38.4. The van der Waals surface area contributed by atoms with Gasteiger partial charge in [-0.15, -0.1) is 0 Å². The molecule has 4 rings (SSSR count). The third-order valence-corrected chi connectivity index (χ3v) is 13.2. The van der Waals surface area contributed by atoms with Gasteiger partial charge in [-0.3, -0.25) is 22.5 Å². The van der Waals surface area contributed by atoms with E-state index in [-0.39, 0.29) is 0 Å². The van der Waals surface area contributed by atoms with Gasteiger partial charge in [-0.2, -0.15) is 0 Å². The minimum atomic E-state index is -0.726. The van der Waals surface area contributed by atoms with Crippen LogP contribution in [0, 0.1) is 59.2 Å². The van der Waals surface area contributed by atoms with E-state index in [4.69, 9.17) is 17.4 Å². The largest absolute Gasteiger partial charge is 0.330 e. The average Bonchev–Trinajstić information content (AvgIpc) is 3.05. The predicted octanol–water partition coefficient (Wildman–Crippen LogP) is 7.18. The molecule has 0 aliphatic heterocycles. The fraction of sp³-hybridized carbons (Fsp3) is 1.00. The second-order valence-corrected chi connectivity index (χ2v) is 16.7. The predicted molar refractivity (Wildman–Crippen MR) is 189 cm³/mol. The van der Waals surface area contributed by atoms with Gasteiger partial charge in [0.15, 0.2) is 0 Å². The molecule has 0 aromatic carbocycles. The highest BCUT2D eigenvalue weighted by Crippen LogP contribution is 2.52. The first-order valence-corrected chi connectivity index (χ1v) is 20.0. The maximum absolute atomic E-state index is 15.7. The molecule has 270 valence electrons. The van der Waals surface area contributed by atoms with E-state index < -0.39 is 12.3 Å². The molecule has 6 nitrogen and oxygen atoms in total. The van der Waals surface area contributed by atoms with Gasteiger partial charge in [-0.05, 0) is 182 Å². The van der Waals surface area contributed by atoms with Crippen LogP contribution in [0.25, 0.3) is 0 Å². The lowest BCUT2D eigenvalue weighted by Gasteiger charge is -2.47. The van der Waals surface area contributed by atoms with E-state index in [1.54, 1.807) is 0 Å². The molecule has 12 atom stereocenters. The Balaban J connectivity index is 1.38. The second kappa shape index (κ2) is 21.0. The molecule has 0 aromatic rings. The van der Waals surface area contributed by atoms with Crippen molar-refractivity contribution in [2.24, 2.45) is 76.6 Å². The summed E-state index contributed by atoms with van der Waals surface area (Å²) in [5.74, 6) is 17.0. The van der Waals surface area contributed by atoms with E-state index in [0.717, 1.165) is 83.6 Å². The molecule has 0 saturated heterocycles. The molecule has 4 aliphatic carbocycles. The number of hydrazine groups is 2. The summed E-state index contributed by atoms with van der Waals surface area (Å²) >= 11 is 0. The number of halogens is 2. The highest BCUT2D eigenvalue weighted by Gasteiger charge is 2.44. The van der Waals surface area contributed by atoms with E-state index in [2.05, 4.69) is 23.1 Å². The molecular weight excluding hydrogens is 578 g/mol. The standard InChI is InChI=1S/C38H74F2N6/c1-2-3-4-6-27-15-29(8-13-45-42)19-31(17-27)33-21-35(25-37(39)23-33)36-22-34(24-38(40)26-36)32-18-28(7-12-44-11-5-10-41)16-30(20-32)9-14-46-43/h27-38,44-46H,2-26,41-43H2,1H3. The maximum Gasteiger partial charge on any atom is 0.101 e. The number of hydrogen-bond donors (Lipinski definition) is 6. The van der Waals surface area contributed by atoms with Crippen molar-refractivity contribution < 1.29 is 8.78 Å². The molecule has 4 saturated carbocycles. The quantitative estimate of drug-likeness (QED) is 0.0501. The zero-order valence-corrected chi connectivity index (χ0v) is 29.6. The van der Waals surface area contributed by atoms with Crippen molar-refractivity contribution in [3.63, 3.8) is 0 Å². The molecule has 46 heavy (non-hydrogen) atoms. The van der Waals surface area contributed by atoms with Crippen LogP contribution in [0.2, 0.25) is 0 Å². The van der Waals surface area contributed by atoms with Crippen LogP contribution in [-0.4, -0.2) is 45.1 Å². The summed E-state index contributed by atoms with van der Waals surface area (Å²) in [6, 6.07) is 0. The van der Waals surface area contributed by atoms with Gasteiger partial charge in [0.25, 0.3) is 0 Å². The van der Waals surface area contributed by atoms with Gasteiger partial charge in [0, 0.05) is 13.1 Å². The lowest BCUT2D eigenvalue weighted by Crippen LogP contribution is -2.40. The summed E-state index contributed by atoms with van der Waals surface area (Å²) in [5, 5.41) is 3.59. The maximum atomic E-state index is 15.7. The Hall–Kier alpha value is -0.380. The van der Waals surface area contributed by atoms with Crippen LogP contribution in [0.5, 0.6) is 0 Å². The first-order valence-electron chi connectivity index (χ1n) is 20.0. The van der Waals surface area contributed by atoms with Gasteiger partial charge >= 0.3 is 0 Å². The molecule has 0 aromatic heterocycles. The van der Waals surface area contributed by atoms with Crippen molar-refractivity contribution in [1.29, 1.82) is 0 Å². The van der Waals surface area contributed by atoms with Crippen molar-refractivity contribution in [3.8, 4) is 0 Å². The fourth-order valence-electron chi connectivity index (χ4n) is 11.1. The van der Waals surface area contributed by atoms with E-state index in [9.17, 15) is 0 Å². The Kier molecular flexibility index (Phi) is 17.5. The van der Waals surface area contributed by atoms with Gasteiger partial charge in [-0.1, -0.05) is 32.6 Å². The molecule has 0 radical (unpaired) electrons. The molecule has 4 fully saturated rings. The summed E-state index contributed by atoms with van der Waals surface area (Å²) in [4.78, 5) is 0. The molecule has 0 heterocycles. The van der Waals surface area contributed by atoms with E-state index in [1.807, 2.05) is 0 Å². The molecule has 8 heteroatoms. The highest BCUT2D eigenvalue weighted by atomic mass is 19.1. The van der Waals surface area contributed by atoms with E-state index >= 15 is 8.78 Å². The van der Waals surface area contributed by atoms with Gasteiger partial charge in [0.2, 0.25) is 0 Å². The third kappa shape index (κ3) is 12.5. The van der Waals surface area contributed by atoms with Gasteiger partial charge in [0.05, 0.1) is 0 Å². The average molecular weight is 653 g/mol. The smallest absolute Gasteiger partial charge is 0.101 e. The number of nitrogens with two attached hydrogens (primary N) is 3.